The molecule has 0 bridgehead atoms. The largest absolute Gasteiger partial charge is 0.348 e. The van der Waals surface area contributed by atoms with Crippen LogP contribution in [0.2, 0.25) is 0 Å². The van der Waals surface area contributed by atoms with Crippen molar-refractivity contribution in [1.82, 2.24) is 25.8 Å². The van der Waals surface area contributed by atoms with Crippen molar-refractivity contribution in [2.75, 3.05) is 13.1 Å². The lowest BCUT2D eigenvalue weighted by atomic mass is 10.1. The number of amides is 1. The van der Waals surface area contributed by atoms with E-state index < -0.39 is 0 Å². The third-order valence-corrected chi connectivity index (χ3v) is 3.92. The number of carbonyl (C=O) groups is 1. The Balaban J connectivity index is 1.64. The van der Waals surface area contributed by atoms with Gasteiger partial charge in [0.1, 0.15) is 5.82 Å². The molecule has 0 unspecified atom stereocenters. The molecule has 1 amide bonds. The lowest BCUT2D eigenvalue weighted by molar-refractivity contribution is 0.0943. The van der Waals surface area contributed by atoms with Crippen LogP contribution in [-0.2, 0) is 6.42 Å². The van der Waals surface area contributed by atoms with E-state index in [0.29, 0.717) is 12.6 Å². The summed E-state index contributed by atoms with van der Waals surface area (Å²) in [4.78, 5) is 16.1. The molecule has 0 radical (unpaired) electrons. The van der Waals surface area contributed by atoms with Gasteiger partial charge in [-0.25, -0.2) is 4.98 Å². The van der Waals surface area contributed by atoms with Crippen LogP contribution >= 0.6 is 0 Å². The predicted molar refractivity (Wildman–Crippen MR) is 82.2 cm³/mol. The highest BCUT2D eigenvalue weighted by molar-refractivity contribution is 5.90. The molecule has 0 spiro atoms. The summed E-state index contributed by atoms with van der Waals surface area (Å²) < 4.78 is 0. The molecule has 6 heteroatoms. The molecule has 0 saturated heterocycles. The number of aromatic nitrogens is 3. The van der Waals surface area contributed by atoms with Crippen LogP contribution in [0.3, 0.4) is 0 Å². The molecule has 0 aliphatic heterocycles. The summed E-state index contributed by atoms with van der Waals surface area (Å²) in [6, 6.07) is 0.615. The van der Waals surface area contributed by atoms with Crippen LogP contribution < -0.4 is 10.6 Å². The monoisotopic (exact) mass is 293 g/mol. The Morgan fingerprint density at radius 3 is 2.71 bits per heavy atom. The zero-order valence-electron chi connectivity index (χ0n) is 13.0. The van der Waals surface area contributed by atoms with Crippen molar-refractivity contribution in [3.63, 3.8) is 0 Å². The van der Waals surface area contributed by atoms with Crippen LogP contribution in [0, 0.1) is 0 Å². The van der Waals surface area contributed by atoms with Gasteiger partial charge in [0.15, 0.2) is 0 Å². The van der Waals surface area contributed by atoms with E-state index in [1.807, 2.05) is 0 Å². The first-order chi connectivity index (χ1) is 10.3. The van der Waals surface area contributed by atoms with Gasteiger partial charge in [0.2, 0.25) is 5.82 Å². The summed E-state index contributed by atoms with van der Waals surface area (Å²) in [6.45, 7) is 3.50. The van der Waals surface area contributed by atoms with E-state index in [2.05, 4.69) is 32.7 Å². The SMILES string of the molecule is CCCc1nc(C(=O)NCCNC2CCCCCC2)n[nH]1. The fourth-order valence-corrected chi connectivity index (χ4v) is 2.76. The number of aryl methyl sites for hydroxylation is 1. The Morgan fingerprint density at radius 1 is 1.24 bits per heavy atom. The van der Waals surface area contributed by atoms with Gasteiger partial charge in [-0.1, -0.05) is 32.6 Å². The Kier molecular flexibility index (Phi) is 6.66. The van der Waals surface area contributed by atoms with Gasteiger partial charge in [-0.2, -0.15) is 0 Å². The quantitative estimate of drug-likeness (QED) is 0.529. The van der Waals surface area contributed by atoms with Gasteiger partial charge in [0.25, 0.3) is 5.91 Å². The van der Waals surface area contributed by atoms with Gasteiger partial charge in [-0.3, -0.25) is 9.89 Å². The first-order valence-corrected chi connectivity index (χ1v) is 8.22. The van der Waals surface area contributed by atoms with Crippen molar-refractivity contribution < 1.29 is 4.79 Å². The first-order valence-electron chi connectivity index (χ1n) is 8.22. The number of rotatable bonds is 7. The Hall–Kier alpha value is -1.43. The van der Waals surface area contributed by atoms with Crippen LogP contribution in [0.5, 0.6) is 0 Å². The molecule has 0 aromatic carbocycles. The molecular formula is C15H27N5O. The molecule has 1 aromatic heterocycles. The van der Waals surface area contributed by atoms with E-state index >= 15 is 0 Å². The zero-order chi connectivity index (χ0) is 14.9. The normalized spacial score (nSPS) is 16.6. The fraction of sp³-hybridized carbons (Fsp3) is 0.800. The van der Waals surface area contributed by atoms with E-state index in [1.165, 1.54) is 38.5 Å². The average Bonchev–Trinajstić information content (AvgIpc) is 2.80. The van der Waals surface area contributed by atoms with Gasteiger partial charge in [0.05, 0.1) is 0 Å². The van der Waals surface area contributed by atoms with Gasteiger partial charge in [-0.15, -0.1) is 5.10 Å². The summed E-state index contributed by atoms with van der Waals surface area (Å²) in [6.07, 6.45) is 9.69. The smallest absolute Gasteiger partial charge is 0.291 e. The second kappa shape index (κ2) is 8.77. The molecule has 118 valence electrons. The minimum absolute atomic E-state index is 0.198. The molecule has 6 nitrogen and oxygen atoms in total. The maximum atomic E-state index is 11.9. The number of nitrogens with zero attached hydrogens (tertiary/aromatic N) is 2. The Bertz CT molecular complexity index is 423. The van der Waals surface area contributed by atoms with Crippen molar-refractivity contribution in [2.24, 2.45) is 0 Å². The highest BCUT2D eigenvalue weighted by Crippen LogP contribution is 2.16. The molecular weight excluding hydrogens is 266 g/mol. The van der Waals surface area contributed by atoms with Crippen LogP contribution in [0.4, 0.5) is 0 Å². The molecule has 1 aliphatic carbocycles. The molecule has 0 atom stereocenters. The first kappa shape index (κ1) is 15.9. The van der Waals surface area contributed by atoms with Gasteiger partial charge < -0.3 is 10.6 Å². The minimum Gasteiger partial charge on any atom is -0.348 e. The number of nitrogens with one attached hydrogen (secondary N) is 3. The van der Waals surface area contributed by atoms with Crippen molar-refractivity contribution in [3.05, 3.63) is 11.6 Å². The lowest BCUT2D eigenvalue weighted by Gasteiger charge is -2.15. The standard InChI is InChI=1S/C15H27N5O/c1-2-7-13-18-14(20-19-13)15(21)17-11-10-16-12-8-5-3-4-6-9-12/h12,16H,2-11H2,1H3,(H,17,21)(H,18,19,20). The number of carbonyl (C=O) groups excluding carboxylic acids is 1. The maximum absolute atomic E-state index is 11.9. The third kappa shape index (κ3) is 5.46. The number of hydrogen-bond acceptors (Lipinski definition) is 4. The number of hydrogen-bond donors (Lipinski definition) is 3. The van der Waals surface area contributed by atoms with E-state index in [0.717, 1.165) is 25.2 Å². The zero-order valence-corrected chi connectivity index (χ0v) is 13.0. The fourth-order valence-electron chi connectivity index (χ4n) is 2.76. The maximum Gasteiger partial charge on any atom is 0.291 e. The predicted octanol–water partition coefficient (Wildman–Crippen LogP) is 1.80. The Labute approximate surface area is 126 Å². The molecule has 1 aliphatic rings. The van der Waals surface area contributed by atoms with E-state index in [9.17, 15) is 4.79 Å². The van der Waals surface area contributed by atoms with Crippen LogP contribution in [0.25, 0.3) is 0 Å². The van der Waals surface area contributed by atoms with Crippen LogP contribution in [0.1, 0.15) is 68.3 Å². The van der Waals surface area contributed by atoms with Crippen LogP contribution in [-0.4, -0.2) is 40.2 Å². The van der Waals surface area contributed by atoms with E-state index in [4.69, 9.17) is 0 Å². The van der Waals surface area contributed by atoms with Crippen molar-refractivity contribution in [2.45, 2.75) is 64.3 Å². The second-order valence-electron chi connectivity index (χ2n) is 5.75. The van der Waals surface area contributed by atoms with Gasteiger partial charge in [0, 0.05) is 25.6 Å². The third-order valence-electron chi connectivity index (χ3n) is 3.92. The molecule has 21 heavy (non-hydrogen) atoms. The second-order valence-corrected chi connectivity index (χ2v) is 5.75. The topological polar surface area (TPSA) is 82.7 Å². The average molecular weight is 293 g/mol. The molecule has 1 fully saturated rings. The number of aromatic amines is 1. The summed E-state index contributed by atoms with van der Waals surface area (Å²) in [7, 11) is 0. The summed E-state index contributed by atoms with van der Waals surface area (Å²) in [5, 5.41) is 13.1. The van der Waals surface area contributed by atoms with E-state index in [-0.39, 0.29) is 11.7 Å². The summed E-state index contributed by atoms with van der Waals surface area (Å²) in [5.74, 6) is 0.823. The van der Waals surface area contributed by atoms with Crippen LogP contribution in [0.15, 0.2) is 0 Å². The van der Waals surface area contributed by atoms with Gasteiger partial charge >= 0.3 is 0 Å². The minimum atomic E-state index is -0.198. The molecule has 2 rings (SSSR count). The van der Waals surface area contributed by atoms with Crippen molar-refractivity contribution >= 4 is 5.91 Å². The lowest BCUT2D eigenvalue weighted by Crippen LogP contribution is -2.37. The van der Waals surface area contributed by atoms with Gasteiger partial charge in [-0.05, 0) is 19.3 Å². The van der Waals surface area contributed by atoms with Crippen molar-refractivity contribution in [1.29, 1.82) is 0 Å². The summed E-state index contributed by atoms with van der Waals surface area (Å²) >= 11 is 0. The Morgan fingerprint density at radius 2 is 2.00 bits per heavy atom. The molecule has 1 heterocycles. The highest BCUT2D eigenvalue weighted by Gasteiger charge is 2.13. The van der Waals surface area contributed by atoms with Crippen molar-refractivity contribution in [3.8, 4) is 0 Å². The summed E-state index contributed by atoms with van der Waals surface area (Å²) in [5.41, 5.74) is 0. The molecule has 1 saturated carbocycles. The molecule has 1 aromatic rings. The molecule has 3 N–H and O–H groups in total. The number of H-pyrrole nitrogens is 1. The highest BCUT2D eigenvalue weighted by atomic mass is 16.2. The van der Waals surface area contributed by atoms with E-state index in [1.54, 1.807) is 0 Å².